The fourth-order valence-corrected chi connectivity index (χ4v) is 4.15. The van der Waals surface area contributed by atoms with Crippen molar-refractivity contribution in [2.24, 2.45) is 5.73 Å². The van der Waals surface area contributed by atoms with Crippen molar-refractivity contribution in [1.29, 1.82) is 0 Å². The molecular weight excluding hydrogens is 468 g/mol. The second kappa shape index (κ2) is 17.2. The average molecular weight is 503 g/mol. The number of hydrogen-bond donors (Lipinski definition) is 1. The van der Waals surface area contributed by atoms with Crippen LogP contribution in [0.1, 0.15) is 89.2 Å². The normalized spacial score (nSPS) is 10.5. The van der Waals surface area contributed by atoms with Gasteiger partial charge in [0.1, 0.15) is 4.32 Å². The number of nitrogens with two attached hydrogens (primary N) is 1. The molecule has 0 aliphatic rings. The van der Waals surface area contributed by atoms with Gasteiger partial charge in [0.15, 0.2) is 0 Å². The van der Waals surface area contributed by atoms with E-state index < -0.39 is 0 Å². The van der Waals surface area contributed by atoms with Gasteiger partial charge in [0.05, 0.1) is 0 Å². The van der Waals surface area contributed by atoms with Crippen molar-refractivity contribution in [3.63, 3.8) is 0 Å². The van der Waals surface area contributed by atoms with Crippen molar-refractivity contribution in [3.05, 3.63) is 29.3 Å². The molecule has 1 aromatic rings. The predicted octanol–water partition coefficient (Wildman–Crippen LogP) is 6.67. The topological polar surface area (TPSA) is 26.0 Å². The Morgan fingerprint density at radius 1 is 0.880 bits per heavy atom. The van der Waals surface area contributed by atoms with E-state index in [0.29, 0.717) is 4.32 Å². The minimum atomic E-state index is 0. The van der Waals surface area contributed by atoms with Crippen molar-refractivity contribution in [2.45, 2.75) is 95.8 Å². The fraction of sp³-hybridized carbons (Fsp3) is 0.667. The average Bonchev–Trinajstić information content (AvgIpc) is 2.55. The number of thioether (sulfide) groups is 1. The minimum absolute atomic E-state index is 0. The maximum Gasteiger partial charge on any atom is 0.136 e. The van der Waals surface area contributed by atoms with Crippen LogP contribution in [0.2, 0.25) is 0 Å². The van der Waals surface area contributed by atoms with Crippen molar-refractivity contribution >= 4 is 77.2 Å². The van der Waals surface area contributed by atoms with Crippen LogP contribution in [0.3, 0.4) is 0 Å². The molecule has 0 heterocycles. The van der Waals surface area contributed by atoms with E-state index in [0.717, 1.165) is 0 Å². The predicted molar refractivity (Wildman–Crippen MR) is 120 cm³/mol. The van der Waals surface area contributed by atoms with Crippen LogP contribution in [0, 0.1) is 0 Å². The smallest absolute Gasteiger partial charge is 0.136 e. The molecule has 0 amide bonds. The van der Waals surface area contributed by atoms with Crippen molar-refractivity contribution < 1.29 is 0 Å². The monoisotopic (exact) mass is 503 g/mol. The van der Waals surface area contributed by atoms with E-state index in [9.17, 15) is 0 Å². The van der Waals surface area contributed by atoms with Crippen molar-refractivity contribution in [2.75, 3.05) is 0 Å². The first-order valence-electron chi connectivity index (χ1n) is 9.77. The first-order chi connectivity index (χ1) is 11.7. The summed E-state index contributed by atoms with van der Waals surface area (Å²) in [6.45, 7) is 4.54. The zero-order valence-corrected chi connectivity index (χ0v) is 22.4. The molecule has 1 rings (SSSR count). The molecule has 0 aliphatic heterocycles. The summed E-state index contributed by atoms with van der Waals surface area (Å²) in [5.74, 6) is 0. The third kappa shape index (κ3) is 12.2. The van der Waals surface area contributed by atoms with Crippen LogP contribution in [0.4, 0.5) is 0 Å². The van der Waals surface area contributed by atoms with E-state index in [1.165, 1.54) is 93.1 Å². The van der Waals surface area contributed by atoms with Gasteiger partial charge in [0.25, 0.3) is 0 Å². The Balaban J connectivity index is 0.00000576. The van der Waals surface area contributed by atoms with Gasteiger partial charge < -0.3 is 5.73 Å². The molecule has 25 heavy (non-hydrogen) atoms. The maximum atomic E-state index is 5.79. The number of hydrogen-bond acceptors (Lipinski definition) is 2. The van der Waals surface area contributed by atoms with Gasteiger partial charge in [-0.2, -0.15) is 0 Å². The fourth-order valence-electron chi connectivity index (χ4n) is 3.16. The Bertz CT molecular complexity index is 477. The number of benzene rings is 1. The molecule has 2 N–H and O–H groups in total. The summed E-state index contributed by atoms with van der Waals surface area (Å²) in [4.78, 5) is 1.28. The molecule has 1 nitrogen and oxygen atoms in total. The summed E-state index contributed by atoms with van der Waals surface area (Å²) < 4.78 is 0.530. The van der Waals surface area contributed by atoms with Crippen LogP contribution in [-0.2, 0) is 12.8 Å². The maximum absolute atomic E-state index is 5.79. The molecule has 0 atom stereocenters. The second-order valence-corrected chi connectivity index (χ2v) is 8.43. The molecule has 138 valence electrons. The van der Waals surface area contributed by atoms with Gasteiger partial charge in [0.2, 0.25) is 0 Å². The number of thiocarbonyl (C=S) groups is 1. The summed E-state index contributed by atoms with van der Waals surface area (Å²) in [5, 5.41) is 0. The summed E-state index contributed by atoms with van der Waals surface area (Å²) >= 11 is 6.69. The quantitative estimate of drug-likeness (QED) is 0.141. The van der Waals surface area contributed by atoms with Crippen LogP contribution in [0.25, 0.3) is 0 Å². The molecule has 0 fully saturated rings. The van der Waals surface area contributed by atoms with Crippen LogP contribution >= 0.6 is 24.0 Å². The Kier molecular flexibility index (Phi) is 17.9. The summed E-state index contributed by atoms with van der Waals surface area (Å²) in [7, 11) is 0. The van der Waals surface area contributed by atoms with Gasteiger partial charge in [0, 0.05) is 53.8 Å². The standard InChI is InChI=1S/C21H35NS2.Ba/c1-3-5-7-9-11-14-18-15-13-17-20(24-21(22)23)19(18)16-12-10-8-6-4-2;/h13,15,17H,3-12,14,16H2,1-2H3,(H2,22,23);. The zero-order chi connectivity index (χ0) is 17.6. The van der Waals surface area contributed by atoms with Gasteiger partial charge in [-0.05, 0) is 42.9 Å². The number of rotatable bonds is 13. The van der Waals surface area contributed by atoms with E-state index >= 15 is 0 Å². The molecule has 0 bridgehead atoms. The van der Waals surface area contributed by atoms with Gasteiger partial charge >= 0.3 is 0 Å². The number of aryl methyl sites for hydroxylation is 1. The van der Waals surface area contributed by atoms with Gasteiger partial charge in [-0.3, -0.25) is 0 Å². The van der Waals surface area contributed by atoms with E-state index in [1.807, 2.05) is 0 Å². The Labute approximate surface area is 205 Å². The van der Waals surface area contributed by atoms with E-state index in [-0.39, 0.29) is 48.9 Å². The first kappa shape index (κ1) is 26.0. The largest absolute Gasteiger partial charge is 0.384 e. The van der Waals surface area contributed by atoms with E-state index in [4.69, 9.17) is 18.0 Å². The van der Waals surface area contributed by atoms with Crippen molar-refractivity contribution in [3.8, 4) is 0 Å². The summed E-state index contributed by atoms with van der Waals surface area (Å²) in [6, 6.07) is 6.67. The molecule has 0 saturated carbocycles. The van der Waals surface area contributed by atoms with Crippen LogP contribution < -0.4 is 5.73 Å². The molecule has 1 aromatic carbocycles. The molecular formula is C21H35BaNS2. The first-order valence-corrected chi connectivity index (χ1v) is 11.0. The number of unbranched alkanes of at least 4 members (excludes halogenated alkanes) is 8. The Morgan fingerprint density at radius 2 is 1.44 bits per heavy atom. The third-order valence-electron chi connectivity index (χ3n) is 4.52. The van der Waals surface area contributed by atoms with Crippen molar-refractivity contribution in [1.82, 2.24) is 0 Å². The van der Waals surface area contributed by atoms with Gasteiger partial charge in [-0.15, -0.1) is 0 Å². The molecule has 2 radical (unpaired) electrons. The Hall–Kier alpha value is 1.03. The SMILES string of the molecule is CCCCCCCc1cccc(SC(N)=S)c1CCCCCCC.[Ba]. The molecule has 4 heteroatoms. The van der Waals surface area contributed by atoms with E-state index in [2.05, 4.69) is 32.0 Å². The van der Waals surface area contributed by atoms with Crippen LogP contribution in [0.15, 0.2) is 23.1 Å². The molecule has 0 unspecified atom stereocenters. The van der Waals surface area contributed by atoms with E-state index in [1.54, 1.807) is 11.8 Å². The molecule has 0 spiro atoms. The zero-order valence-electron chi connectivity index (χ0n) is 16.3. The third-order valence-corrected chi connectivity index (χ3v) is 5.57. The van der Waals surface area contributed by atoms with Gasteiger partial charge in [-0.1, -0.05) is 101 Å². The Morgan fingerprint density at radius 3 is 2.00 bits per heavy atom. The summed E-state index contributed by atoms with van der Waals surface area (Å²) in [6.07, 6.45) is 15.7. The molecule has 0 aromatic heterocycles. The van der Waals surface area contributed by atoms with Crippen LogP contribution in [-0.4, -0.2) is 53.2 Å². The second-order valence-electron chi connectivity index (χ2n) is 6.64. The molecule has 0 saturated heterocycles. The van der Waals surface area contributed by atoms with Crippen LogP contribution in [0.5, 0.6) is 0 Å². The van der Waals surface area contributed by atoms with Gasteiger partial charge in [-0.25, -0.2) is 0 Å². The summed E-state index contributed by atoms with van der Waals surface area (Å²) in [5.41, 5.74) is 8.81. The minimum Gasteiger partial charge on any atom is -0.384 e. The molecule has 0 aliphatic carbocycles.